The SMILES string of the molecule is COc1cc(C=O)nc2c(C)cc(C)cc12. The number of fused-ring (bicyclic) bond motifs is 1. The third-order valence-electron chi connectivity index (χ3n) is 2.57. The zero-order valence-corrected chi connectivity index (χ0v) is 9.57. The van der Waals surface area contributed by atoms with E-state index >= 15 is 0 Å². The van der Waals surface area contributed by atoms with Gasteiger partial charge in [0.2, 0.25) is 0 Å². The van der Waals surface area contributed by atoms with Crippen LogP contribution in [0.2, 0.25) is 0 Å². The molecule has 0 amide bonds. The molecule has 1 heterocycles. The average Bonchev–Trinajstić information content (AvgIpc) is 2.28. The minimum absolute atomic E-state index is 0.399. The number of carbonyl (C=O) groups is 1. The van der Waals surface area contributed by atoms with Gasteiger partial charge in [-0.3, -0.25) is 4.79 Å². The van der Waals surface area contributed by atoms with Crippen molar-refractivity contribution in [3.8, 4) is 5.75 Å². The summed E-state index contributed by atoms with van der Waals surface area (Å²) in [6.45, 7) is 4.01. The van der Waals surface area contributed by atoms with Crippen molar-refractivity contribution in [2.75, 3.05) is 7.11 Å². The lowest BCUT2D eigenvalue weighted by Crippen LogP contribution is -1.95. The zero-order chi connectivity index (χ0) is 11.7. The van der Waals surface area contributed by atoms with Crippen molar-refractivity contribution in [1.29, 1.82) is 0 Å². The number of aryl methyl sites for hydroxylation is 2. The molecule has 2 aromatic rings. The highest BCUT2D eigenvalue weighted by molar-refractivity contribution is 5.91. The van der Waals surface area contributed by atoms with Gasteiger partial charge in [0.15, 0.2) is 6.29 Å². The van der Waals surface area contributed by atoms with Crippen LogP contribution in [0.3, 0.4) is 0 Å². The fraction of sp³-hybridized carbons (Fsp3) is 0.231. The average molecular weight is 215 g/mol. The van der Waals surface area contributed by atoms with Crippen molar-refractivity contribution in [3.63, 3.8) is 0 Å². The van der Waals surface area contributed by atoms with Gasteiger partial charge < -0.3 is 4.74 Å². The van der Waals surface area contributed by atoms with Gasteiger partial charge >= 0.3 is 0 Å². The second-order valence-corrected chi connectivity index (χ2v) is 3.85. The molecule has 0 saturated carbocycles. The summed E-state index contributed by atoms with van der Waals surface area (Å²) in [6.07, 6.45) is 0.737. The maximum absolute atomic E-state index is 10.8. The van der Waals surface area contributed by atoms with Crippen LogP contribution in [0.25, 0.3) is 10.9 Å². The molecular formula is C13H13NO2. The molecule has 1 aromatic heterocycles. The van der Waals surface area contributed by atoms with Crippen molar-refractivity contribution in [2.24, 2.45) is 0 Å². The highest BCUT2D eigenvalue weighted by Crippen LogP contribution is 2.28. The van der Waals surface area contributed by atoms with Crippen LogP contribution in [0.1, 0.15) is 21.6 Å². The van der Waals surface area contributed by atoms with E-state index in [0.717, 1.165) is 28.3 Å². The van der Waals surface area contributed by atoms with Crippen LogP contribution in [0.5, 0.6) is 5.75 Å². The van der Waals surface area contributed by atoms with E-state index in [1.54, 1.807) is 13.2 Å². The van der Waals surface area contributed by atoms with Gasteiger partial charge in [0, 0.05) is 11.5 Å². The molecule has 0 aliphatic heterocycles. The maximum atomic E-state index is 10.8. The minimum atomic E-state index is 0.399. The summed E-state index contributed by atoms with van der Waals surface area (Å²) in [5, 5.41) is 0.950. The number of carbonyl (C=O) groups excluding carboxylic acids is 1. The second-order valence-electron chi connectivity index (χ2n) is 3.85. The molecule has 0 spiro atoms. The monoisotopic (exact) mass is 215 g/mol. The van der Waals surface area contributed by atoms with E-state index in [4.69, 9.17) is 4.74 Å². The molecule has 0 bridgehead atoms. The molecule has 3 nitrogen and oxygen atoms in total. The predicted octanol–water partition coefficient (Wildman–Crippen LogP) is 2.67. The van der Waals surface area contributed by atoms with E-state index < -0.39 is 0 Å². The number of pyridine rings is 1. The Hall–Kier alpha value is -1.90. The van der Waals surface area contributed by atoms with Crippen LogP contribution < -0.4 is 4.74 Å². The van der Waals surface area contributed by atoms with Gasteiger partial charge in [-0.25, -0.2) is 4.98 Å². The number of hydrogen-bond donors (Lipinski definition) is 0. The molecule has 3 heteroatoms. The Bertz CT molecular complexity index is 561. The molecule has 0 fully saturated rings. The topological polar surface area (TPSA) is 39.2 Å². The van der Waals surface area contributed by atoms with E-state index in [9.17, 15) is 4.79 Å². The summed E-state index contributed by atoms with van der Waals surface area (Å²) in [5.41, 5.74) is 3.43. The number of rotatable bonds is 2. The largest absolute Gasteiger partial charge is 0.496 e. The molecule has 82 valence electrons. The Morgan fingerprint density at radius 1 is 1.25 bits per heavy atom. The van der Waals surface area contributed by atoms with Crippen LogP contribution in [-0.4, -0.2) is 18.4 Å². The molecule has 2 rings (SSSR count). The predicted molar refractivity (Wildman–Crippen MR) is 63.2 cm³/mol. The fourth-order valence-corrected chi connectivity index (χ4v) is 1.90. The van der Waals surface area contributed by atoms with E-state index in [0.29, 0.717) is 11.4 Å². The Labute approximate surface area is 94.1 Å². The highest BCUT2D eigenvalue weighted by Gasteiger charge is 2.08. The van der Waals surface area contributed by atoms with E-state index in [2.05, 4.69) is 4.98 Å². The molecule has 16 heavy (non-hydrogen) atoms. The number of aromatic nitrogens is 1. The second kappa shape index (κ2) is 3.93. The molecule has 0 radical (unpaired) electrons. The number of aldehydes is 1. The Morgan fingerprint density at radius 3 is 2.62 bits per heavy atom. The van der Waals surface area contributed by atoms with Gasteiger partial charge in [-0.15, -0.1) is 0 Å². The van der Waals surface area contributed by atoms with Gasteiger partial charge in [-0.05, 0) is 31.0 Å². The van der Waals surface area contributed by atoms with E-state index in [-0.39, 0.29) is 0 Å². The maximum Gasteiger partial charge on any atom is 0.168 e. The van der Waals surface area contributed by atoms with Gasteiger partial charge in [-0.2, -0.15) is 0 Å². The Balaban J connectivity index is 2.89. The fourth-order valence-electron chi connectivity index (χ4n) is 1.90. The normalized spacial score (nSPS) is 10.4. The number of nitrogens with zero attached hydrogens (tertiary/aromatic N) is 1. The number of methoxy groups -OCH3 is 1. The summed E-state index contributed by atoms with van der Waals surface area (Å²) in [4.78, 5) is 15.1. The van der Waals surface area contributed by atoms with Crippen LogP contribution in [0, 0.1) is 13.8 Å². The first-order valence-corrected chi connectivity index (χ1v) is 5.07. The quantitative estimate of drug-likeness (QED) is 0.723. The summed E-state index contributed by atoms with van der Waals surface area (Å²) in [7, 11) is 1.60. The minimum Gasteiger partial charge on any atom is -0.496 e. The molecule has 1 aromatic carbocycles. The van der Waals surface area contributed by atoms with E-state index in [1.165, 1.54) is 0 Å². The smallest absolute Gasteiger partial charge is 0.168 e. The van der Waals surface area contributed by atoms with Gasteiger partial charge in [0.05, 0.1) is 12.6 Å². The van der Waals surface area contributed by atoms with E-state index in [1.807, 2.05) is 26.0 Å². The third-order valence-corrected chi connectivity index (χ3v) is 2.57. The molecule has 0 N–H and O–H groups in total. The lowest BCUT2D eigenvalue weighted by Gasteiger charge is -2.09. The molecule has 0 aliphatic rings. The van der Waals surface area contributed by atoms with Gasteiger partial charge in [0.1, 0.15) is 11.4 Å². The van der Waals surface area contributed by atoms with Gasteiger partial charge in [0.25, 0.3) is 0 Å². The van der Waals surface area contributed by atoms with Crippen molar-refractivity contribution >= 4 is 17.2 Å². The summed E-state index contributed by atoms with van der Waals surface area (Å²) in [6, 6.07) is 5.72. The molecular weight excluding hydrogens is 202 g/mol. The number of ether oxygens (including phenoxy) is 1. The van der Waals surface area contributed by atoms with Crippen molar-refractivity contribution in [3.05, 3.63) is 35.0 Å². The van der Waals surface area contributed by atoms with Crippen LogP contribution >= 0.6 is 0 Å². The first-order valence-electron chi connectivity index (χ1n) is 5.07. The highest BCUT2D eigenvalue weighted by atomic mass is 16.5. The van der Waals surface area contributed by atoms with Gasteiger partial charge in [-0.1, -0.05) is 6.07 Å². The zero-order valence-electron chi connectivity index (χ0n) is 9.57. The first kappa shape index (κ1) is 10.6. The molecule has 0 atom stereocenters. The van der Waals surface area contributed by atoms with Crippen LogP contribution in [0.15, 0.2) is 18.2 Å². The molecule has 0 aliphatic carbocycles. The molecule has 0 unspecified atom stereocenters. The van der Waals surface area contributed by atoms with Crippen molar-refractivity contribution in [1.82, 2.24) is 4.98 Å². The summed E-state index contributed by atoms with van der Waals surface area (Å²) < 4.78 is 5.28. The van der Waals surface area contributed by atoms with Crippen molar-refractivity contribution < 1.29 is 9.53 Å². The summed E-state index contributed by atoms with van der Waals surface area (Å²) in [5.74, 6) is 0.693. The van der Waals surface area contributed by atoms with Crippen LogP contribution in [-0.2, 0) is 0 Å². The lowest BCUT2D eigenvalue weighted by atomic mass is 10.1. The number of hydrogen-bond acceptors (Lipinski definition) is 3. The lowest BCUT2D eigenvalue weighted by molar-refractivity contribution is 0.111. The Kier molecular flexibility index (Phi) is 2.60. The standard InChI is InChI=1S/C13H13NO2/c1-8-4-9(2)13-11(5-8)12(16-3)6-10(7-15)14-13/h4-7H,1-3H3. The Morgan fingerprint density at radius 2 is 2.00 bits per heavy atom. The molecule has 0 saturated heterocycles. The first-order chi connectivity index (χ1) is 7.65. The van der Waals surface area contributed by atoms with Crippen molar-refractivity contribution in [2.45, 2.75) is 13.8 Å². The summed E-state index contributed by atoms with van der Waals surface area (Å²) >= 11 is 0. The third kappa shape index (κ3) is 1.65. The number of benzene rings is 1. The van der Waals surface area contributed by atoms with Crippen LogP contribution in [0.4, 0.5) is 0 Å².